The highest BCUT2D eigenvalue weighted by Crippen LogP contribution is 2.27. The van der Waals surface area contributed by atoms with Gasteiger partial charge in [0.2, 0.25) is 5.91 Å². The number of anilines is 1. The zero-order chi connectivity index (χ0) is 17.8. The molecule has 1 heterocycles. The SMILES string of the molecule is CC(C)c1nc(SCC(=O)Nc2ccccc2Cl)c2ccccc2n1. The number of carbonyl (C=O) groups is 1. The average molecular weight is 372 g/mol. The zero-order valence-electron chi connectivity index (χ0n) is 14.0. The van der Waals surface area contributed by atoms with Crippen LogP contribution >= 0.6 is 23.4 Å². The fourth-order valence-corrected chi connectivity index (χ4v) is 3.32. The molecule has 0 spiro atoms. The summed E-state index contributed by atoms with van der Waals surface area (Å²) in [5.74, 6) is 1.14. The van der Waals surface area contributed by atoms with E-state index in [1.165, 1.54) is 11.8 Å². The molecule has 0 aliphatic rings. The minimum atomic E-state index is -0.119. The van der Waals surface area contributed by atoms with Crippen molar-refractivity contribution in [3.8, 4) is 0 Å². The van der Waals surface area contributed by atoms with Crippen molar-refractivity contribution in [3.63, 3.8) is 0 Å². The summed E-state index contributed by atoms with van der Waals surface area (Å²) in [6, 6.07) is 15.0. The molecule has 25 heavy (non-hydrogen) atoms. The Morgan fingerprint density at radius 2 is 1.84 bits per heavy atom. The lowest BCUT2D eigenvalue weighted by atomic mass is 10.2. The Bertz CT molecular complexity index is 914. The number of fused-ring (bicyclic) bond motifs is 1. The van der Waals surface area contributed by atoms with Gasteiger partial charge in [-0.2, -0.15) is 0 Å². The molecule has 3 aromatic rings. The van der Waals surface area contributed by atoms with Gasteiger partial charge in [-0.25, -0.2) is 9.97 Å². The van der Waals surface area contributed by atoms with Crippen LogP contribution in [0.15, 0.2) is 53.6 Å². The van der Waals surface area contributed by atoms with E-state index in [0.717, 1.165) is 21.8 Å². The average Bonchev–Trinajstić information content (AvgIpc) is 2.61. The Balaban J connectivity index is 1.78. The molecule has 0 bridgehead atoms. The molecule has 1 N–H and O–H groups in total. The van der Waals surface area contributed by atoms with Gasteiger partial charge in [-0.15, -0.1) is 0 Å². The maximum atomic E-state index is 12.3. The van der Waals surface area contributed by atoms with E-state index in [1.807, 2.05) is 36.4 Å². The van der Waals surface area contributed by atoms with Gasteiger partial charge in [0.05, 0.1) is 22.0 Å². The van der Waals surface area contributed by atoms with Crippen LogP contribution in [0.2, 0.25) is 5.02 Å². The molecule has 2 aromatic carbocycles. The van der Waals surface area contributed by atoms with Crippen molar-refractivity contribution in [1.82, 2.24) is 9.97 Å². The van der Waals surface area contributed by atoms with Crippen LogP contribution in [0.5, 0.6) is 0 Å². The molecule has 0 saturated heterocycles. The van der Waals surface area contributed by atoms with Gasteiger partial charge in [0, 0.05) is 11.3 Å². The number of thioether (sulfide) groups is 1. The van der Waals surface area contributed by atoms with Crippen LogP contribution in [-0.2, 0) is 4.79 Å². The maximum absolute atomic E-state index is 12.3. The van der Waals surface area contributed by atoms with Crippen molar-refractivity contribution in [3.05, 3.63) is 59.4 Å². The third-order valence-electron chi connectivity index (χ3n) is 3.59. The predicted molar refractivity (Wildman–Crippen MR) is 104 cm³/mol. The summed E-state index contributed by atoms with van der Waals surface area (Å²) in [6.07, 6.45) is 0. The lowest BCUT2D eigenvalue weighted by Crippen LogP contribution is -2.14. The van der Waals surface area contributed by atoms with Crippen molar-refractivity contribution < 1.29 is 4.79 Å². The summed E-state index contributed by atoms with van der Waals surface area (Å²) < 4.78 is 0. The number of para-hydroxylation sites is 2. The summed E-state index contributed by atoms with van der Waals surface area (Å²) in [6.45, 7) is 4.12. The van der Waals surface area contributed by atoms with E-state index in [0.29, 0.717) is 10.7 Å². The van der Waals surface area contributed by atoms with E-state index >= 15 is 0 Å². The topological polar surface area (TPSA) is 54.9 Å². The lowest BCUT2D eigenvalue weighted by Gasteiger charge is -2.11. The first-order valence-corrected chi connectivity index (χ1v) is 9.35. The second kappa shape index (κ2) is 7.85. The molecule has 0 saturated carbocycles. The first-order valence-electron chi connectivity index (χ1n) is 7.98. The molecule has 6 heteroatoms. The molecular formula is C19H18ClN3OS. The van der Waals surface area contributed by atoms with Gasteiger partial charge in [-0.05, 0) is 18.2 Å². The zero-order valence-corrected chi connectivity index (χ0v) is 15.6. The second-order valence-electron chi connectivity index (χ2n) is 5.88. The highest BCUT2D eigenvalue weighted by molar-refractivity contribution is 8.00. The number of nitrogens with zero attached hydrogens (tertiary/aromatic N) is 2. The van der Waals surface area contributed by atoms with Crippen LogP contribution < -0.4 is 5.32 Å². The molecule has 0 radical (unpaired) electrons. The number of hydrogen-bond donors (Lipinski definition) is 1. The number of hydrogen-bond acceptors (Lipinski definition) is 4. The minimum absolute atomic E-state index is 0.119. The van der Waals surface area contributed by atoms with Crippen molar-refractivity contribution in [1.29, 1.82) is 0 Å². The third-order valence-corrected chi connectivity index (χ3v) is 4.91. The summed E-state index contributed by atoms with van der Waals surface area (Å²) in [7, 11) is 0. The number of carbonyl (C=O) groups excluding carboxylic acids is 1. The molecule has 0 unspecified atom stereocenters. The summed E-state index contributed by atoms with van der Waals surface area (Å²) in [4.78, 5) is 21.5. The van der Waals surface area contributed by atoms with Crippen LogP contribution in [0.3, 0.4) is 0 Å². The van der Waals surface area contributed by atoms with E-state index in [4.69, 9.17) is 11.6 Å². The van der Waals surface area contributed by atoms with Gasteiger partial charge in [0.25, 0.3) is 0 Å². The fraction of sp³-hybridized carbons (Fsp3) is 0.211. The van der Waals surface area contributed by atoms with Gasteiger partial charge in [-0.1, -0.05) is 67.5 Å². The van der Waals surface area contributed by atoms with Crippen LogP contribution in [-0.4, -0.2) is 21.6 Å². The number of halogens is 1. The molecule has 0 atom stereocenters. The third kappa shape index (κ3) is 4.30. The van der Waals surface area contributed by atoms with E-state index in [-0.39, 0.29) is 17.6 Å². The fourth-order valence-electron chi connectivity index (χ4n) is 2.32. The quantitative estimate of drug-likeness (QED) is 0.498. The Morgan fingerprint density at radius 1 is 1.12 bits per heavy atom. The Kier molecular flexibility index (Phi) is 5.56. The number of amides is 1. The Labute approximate surface area is 156 Å². The smallest absolute Gasteiger partial charge is 0.234 e. The number of aromatic nitrogens is 2. The molecule has 3 rings (SSSR count). The number of rotatable bonds is 5. The molecule has 1 aromatic heterocycles. The number of nitrogens with one attached hydrogen (secondary N) is 1. The predicted octanol–water partition coefficient (Wildman–Crippen LogP) is 5.14. The van der Waals surface area contributed by atoms with Crippen LogP contribution in [0.4, 0.5) is 5.69 Å². The standard InChI is InChI=1S/C19H18ClN3OS/c1-12(2)18-22-15-9-5-3-7-13(15)19(23-18)25-11-17(24)21-16-10-6-4-8-14(16)20/h3-10,12H,11H2,1-2H3,(H,21,24). The maximum Gasteiger partial charge on any atom is 0.234 e. The molecule has 4 nitrogen and oxygen atoms in total. The van der Waals surface area contributed by atoms with Gasteiger partial charge in [-0.3, -0.25) is 4.79 Å². The lowest BCUT2D eigenvalue weighted by molar-refractivity contribution is -0.113. The van der Waals surface area contributed by atoms with Crippen LogP contribution in [0.1, 0.15) is 25.6 Å². The van der Waals surface area contributed by atoms with Crippen molar-refractivity contribution in [2.75, 3.05) is 11.1 Å². The van der Waals surface area contributed by atoms with E-state index in [1.54, 1.807) is 12.1 Å². The first kappa shape index (κ1) is 17.7. The van der Waals surface area contributed by atoms with Crippen molar-refractivity contribution >= 4 is 45.9 Å². The summed E-state index contributed by atoms with van der Waals surface area (Å²) in [5, 5.41) is 5.14. The van der Waals surface area contributed by atoms with Crippen molar-refractivity contribution in [2.45, 2.75) is 24.8 Å². The molecule has 0 fully saturated rings. The van der Waals surface area contributed by atoms with Gasteiger partial charge >= 0.3 is 0 Å². The Hall–Kier alpha value is -2.11. The Morgan fingerprint density at radius 3 is 2.60 bits per heavy atom. The molecule has 0 aliphatic heterocycles. The molecule has 0 aliphatic carbocycles. The highest BCUT2D eigenvalue weighted by Gasteiger charge is 2.13. The minimum Gasteiger partial charge on any atom is -0.324 e. The number of benzene rings is 2. The van der Waals surface area contributed by atoms with Crippen molar-refractivity contribution in [2.24, 2.45) is 0 Å². The molecule has 1 amide bonds. The van der Waals surface area contributed by atoms with E-state index in [2.05, 4.69) is 29.1 Å². The van der Waals surface area contributed by atoms with Crippen LogP contribution in [0, 0.1) is 0 Å². The molecular weight excluding hydrogens is 354 g/mol. The van der Waals surface area contributed by atoms with Gasteiger partial charge in [0.1, 0.15) is 10.9 Å². The van der Waals surface area contributed by atoms with E-state index in [9.17, 15) is 4.79 Å². The van der Waals surface area contributed by atoms with Gasteiger partial charge < -0.3 is 5.32 Å². The monoisotopic (exact) mass is 371 g/mol. The van der Waals surface area contributed by atoms with Crippen LogP contribution in [0.25, 0.3) is 10.9 Å². The second-order valence-corrected chi connectivity index (χ2v) is 7.25. The van der Waals surface area contributed by atoms with E-state index < -0.39 is 0 Å². The van der Waals surface area contributed by atoms with Gasteiger partial charge in [0.15, 0.2) is 0 Å². The highest BCUT2D eigenvalue weighted by atomic mass is 35.5. The summed E-state index contributed by atoms with van der Waals surface area (Å²) in [5.41, 5.74) is 1.51. The first-order chi connectivity index (χ1) is 12.0. The normalized spacial score (nSPS) is 11.0. The largest absolute Gasteiger partial charge is 0.324 e. The summed E-state index contributed by atoms with van der Waals surface area (Å²) >= 11 is 7.49. The molecule has 128 valence electrons.